The monoisotopic (exact) mass is 352 g/mol. The highest BCUT2D eigenvalue weighted by molar-refractivity contribution is 5.97. The molecule has 0 radical (unpaired) electrons. The largest absolute Gasteiger partial charge is 0.397 e. The number of nitrogens with two attached hydrogens (primary N) is 1. The van der Waals surface area contributed by atoms with Crippen molar-refractivity contribution in [3.05, 3.63) is 83.2 Å². The number of aryl methyl sites for hydroxylation is 2. The Kier molecular flexibility index (Phi) is 3.16. The number of hydrogen-bond acceptors (Lipinski definition) is 1. The van der Waals surface area contributed by atoms with Crippen LogP contribution in [-0.4, -0.2) is 4.57 Å². The molecule has 2 nitrogen and oxygen atoms in total. The third-order valence-corrected chi connectivity index (χ3v) is 6.09. The van der Waals surface area contributed by atoms with Crippen LogP contribution >= 0.6 is 0 Å². The van der Waals surface area contributed by atoms with Gasteiger partial charge in [-0.1, -0.05) is 56.3 Å². The van der Waals surface area contributed by atoms with Gasteiger partial charge in [0.25, 0.3) is 0 Å². The van der Waals surface area contributed by atoms with Crippen LogP contribution in [0.2, 0.25) is 0 Å². The third kappa shape index (κ3) is 2.07. The molecular weight excluding hydrogens is 328 g/mol. The van der Waals surface area contributed by atoms with Gasteiger partial charge in [-0.25, -0.2) is 0 Å². The molecule has 1 aliphatic rings. The summed E-state index contributed by atoms with van der Waals surface area (Å²) in [6.07, 6.45) is 2.18. The first-order chi connectivity index (χ1) is 12.9. The summed E-state index contributed by atoms with van der Waals surface area (Å²) in [5.41, 5.74) is 16.1. The molecule has 5 rings (SSSR count). The lowest BCUT2D eigenvalue weighted by Gasteiger charge is -2.26. The summed E-state index contributed by atoms with van der Waals surface area (Å²) in [6.45, 7) is 8.88. The van der Waals surface area contributed by atoms with E-state index in [1.165, 1.54) is 38.7 Å². The van der Waals surface area contributed by atoms with Crippen molar-refractivity contribution in [1.29, 1.82) is 0 Å². The van der Waals surface area contributed by atoms with Crippen LogP contribution in [0.25, 0.3) is 27.6 Å². The lowest BCUT2D eigenvalue weighted by Crippen LogP contribution is -2.20. The summed E-state index contributed by atoms with van der Waals surface area (Å²) in [4.78, 5) is 0. The predicted molar refractivity (Wildman–Crippen MR) is 115 cm³/mol. The number of nitrogen functional groups attached to an aromatic ring is 1. The number of anilines is 1. The Balaban J connectivity index is 1.84. The maximum Gasteiger partial charge on any atom is 0.0688 e. The van der Waals surface area contributed by atoms with Crippen molar-refractivity contribution in [3.63, 3.8) is 0 Å². The molecule has 0 saturated carbocycles. The molecule has 4 aromatic rings. The Bertz CT molecular complexity index is 1220. The number of hydrogen-bond donors (Lipinski definition) is 1. The molecule has 2 heteroatoms. The van der Waals surface area contributed by atoms with Crippen molar-refractivity contribution in [3.8, 4) is 16.8 Å². The third-order valence-electron chi connectivity index (χ3n) is 6.09. The molecule has 0 amide bonds. The van der Waals surface area contributed by atoms with Crippen molar-refractivity contribution in [2.45, 2.75) is 33.1 Å². The summed E-state index contributed by atoms with van der Waals surface area (Å²) < 4.78 is 2.30. The van der Waals surface area contributed by atoms with Gasteiger partial charge in [0.15, 0.2) is 0 Å². The lowest BCUT2D eigenvalue weighted by molar-refractivity contribution is 0.625. The van der Waals surface area contributed by atoms with E-state index in [2.05, 4.69) is 93.1 Å². The number of aromatic nitrogens is 1. The van der Waals surface area contributed by atoms with E-state index in [0.717, 1.165) is 16.9 Å². The highest BCUT2D eigenvalue weighted by atomic mass is 15.0. The van der Waals surface area contributed by atoms with E-state index in [-0.39, 0.29) is 5.41 Å². The van der Waals surface area contributed by atoms with Crippen LogP contribution in [0.5, 0.6) is 0 Å². The van der Waals surface area contributed by atoms with Crippen LogP contribution in [0.3, 0.4) is 0 Å². The summed E-state index contributed by atoms with van der Waals surface area (Å²) in [5.74, 6) is 0. The Labute approximate surface area is 160 Å². The summed E-state index contributed by atoms with van der Waals surface area (Å²) in [6, 6.07) is 19.8. The average molecular weight is 352 g/mol. The second kappa shape index (κ2) is 5.26. The van der Waals surface area contributed by atoms with Gasteiger partial charge < -0.3 is 10.3 Å². The van der Waals surface area contributed by atoms with E-state index in [1.807, 2.05) is 0 Å². The fourth-order valence-electron chi connectivity index (χ4n) is 4.93. The lowest BCUT2D eigenvalue weighted by atomic mass is 9.82. The SMILES string of the molecule is Cc1cc(C)c(N)c(-n2ccc3c2C(C)(C)c2c-3ccc3ccccc23)c1. The van der Waals surface area contributed by atoms with Crippen LogP contribution < -0.4 is 5.73 Å². The highest BCUT2D eigenvalue weighted by Gasteiger charge is 2.40. The van der Waals surface area contributed by atoms with Crippen LogP contribution in [0, 0.1) is 13.8 Å². The smallest absolute Gasteiger partial charge is 0.0688 e. The van der Waals surface area contributed by atoms with E-state index < -0.39 is 0 Å². The zero-order valence-electron chi connectivity index (χ0n) is 16.3. The van der Waals surface area contributed by atoms with Gasteiger partial charge in [-0.3, -0.25) is 0 Å². The minimum atomic E-state index is -0.0981. The first kappa shape index (κ1) is 16.2. The van der Waals surface area contributed by atoms with E-state index >= 15 is 0 Å². The van der Waals surface area contributed by atoms with Crippen LogP contribution in [-0.2, 0) is 5.41 Å². The Morgan fingerprint density at radius 2 is 1.67 bits per heavy atom. The number of nitrogens with zero attached hydrogens (tertiary/aromatic N) is 1. The Morgan fingerprint density at radius 1 is 0.889 bits per heavy atom. The van der Waals surface area contributed by atoms with Gasteiger partial charge in [0.1, 0.15) is 0 Å². The quantitative estimate of drug-likeness (QED) is 0.410. The molecular formula is C25H24N2. The number of rotatable bonds is 1. The maximum atomic E-state index is 6.50. The predicted octanol–water partition coefficient (Wildman–Crippen LogP) is 6.14. The molecule has 134 valence electrons. The minimum absolute atomic E-state index is 0.0981. The highest BCUT2D eigenvalue weighted by Crippen LogP contribution is 2.52. The van der Waals surface area contributed by atoms with Crippen molar-refractivity contribution >= 4 is 16.5 Å². The molecule has 3 aromatic carbocycles. The van der Waals surface area contributed by atoms with Crippen molar-refractivity contribution in [1.82, 2.24) is 4.57 Å². The molecule has 1 heterocycles. The molecule has 0 bridgehead atoms. The zero-order valence-corrected chi connectivity index (χ0v) is 16.3. The number of fused-ring (bicyclic) bond motifs is 5. The first-order valence-electron chi connectivity index (χ1n) is 9.51. The van der Waals surface area contributed by atoms with Gasteiger partial charge in [0.2, 0.25) is 0 Å². The molecule has 0 aliphatic heterocycles. The van der Waals surface area contributed by atoms with Crippen molar-refractivity contribution in [2.24, 2.45) is 0 Å². The number of benzene rings is 3. The standard InChI is InChI=1S/C25H24N2/c1-15-13-16(2)23(26)21(14-15)27-12-11-20-19-10-9-17-7-5-6-8-18(17)22(19)25(3,4)24(20)27/h5-14H,26H2,1-4H3. The molecule has 2 N–H and O–H groups in total. The van der Waals surface area contributed by atoms with Gasteiger partial charge in [-0.2, -0.15) is 0 Å². The van der Waals surface area contributed by atoms with E-state index in [4.69, 9.17) is 5.73 Å². The Morgan fingerprint density at radius 3 is 2.48 bits per heavy atom. The second-order valence-corrected chi connectivity index (χ2v) is 8.30. The first-order valence-corrected chi connectivity index (χ1v) is 9.51. The molecule has 1 aromatic heterocycles. The molecule has 0 unspecified atom stereocenters. The van der Waals surface area contributed by atoms with E-state index in [1.54, 1.807) is 0 Å². The molecule has 0 spiro atoms. The Hall–Kier alpha value is -3.00. The second-order valence-electron chi connectivity index (χ2n) is 8.30. The van der Waals surface area contributed by atoms with Gasteiger partial charge in [0, 0.05) is 22.9 Å². The topological polar surface area (TPSA) is 30.9 Å². The summed E-state index contributed by atoms with van der Waals surface area (Å²) >= 11 is 0. The van der Waals surface area contributed by atoms with Crippen molar-refractivity contribution in [2.75, 3.05) is 5.73 Å². The molecule has 0 fully saturated rings. The molecule has 0 saturated heterocycles. The van der Waals surface area contributed by atoms with Crippen LogP contribution in [0.1, 0.15) is 36.2 Å². The molecule has 0 atom stereocenters. The van der Waals surface area contributed by atoms with E-state index in [0.29, 0.717) is 0 Å². The van der Waals surface area contributed by atoms with E-state index in [9.17, 15) is 0 Å². The van der Waals surface area contributed by atoms with Crippen LogP contribution in [0.4, 0.5) is 5.69 Å². The van der Waals surface area contributed by atoms with Crippen molar-refractivity contribution < 1.29 is 0 Å². The summed E-state index contributed by atoms with van der Waals surface area (Å²) in [5, 5.41) is 2.64. The minimum Gasteiger partial charge on any atom is -0.397 e. The normalized spacial score (nSPS) is 14.4. The van der Waals surface area contributed by atoms with Gasteiger partial charge in [-0.05, 0) is 59.0 Å². The van der Waals surface area contributed by atoms with Gasteiger partial charge >= 0.3 is 0 Å². The molecule has 27 heavy (non-hydrogen) atoms. The summed E-state index contributed by atoms with van der Waals surface area (Å²) in [7, 11) is 0. The average Bonchev–Trinajstić information content (AvgIpc) is 3.17. The van der Waals surface area contributed by atoms with Crippen LogP contribution in [0.15, 0.2) is 60.8 Å². The fraction of sp³-hybridized carbons (Fsp3) is 0.200. The van der Waals surface area contributed by atoms with Gasteiger partial charge in [0.05, 0.1) is 11.4 Å². The van der Waals surface area contributed by atoms with Gasteiger partial charge in [-0.15, -0.1) is 0 Å². The zero-order chi connectivity index (χ0) is 18.9. The fourth-order valence-corrected chi connectivity index (χ4v) is 4.93. The molecule has 1 aliphatic carbocycles. The maximum absolute atomic E-state index is 6.50.